The minimum absolute atomic E-state index is 0.204. The van der Waals surface area contributed by atoms with Crippen LogP contribution in [0, 0.1) is 6.92 Å². The molecule has 0 unspecified atom stereocenters. The molecule has 1 saturated carbocycles. The van der Waals surface area contributed by atoms with Crippen LogP contribution < -0.4 is 5.32 Å². The van der Waals surface area contributed by atoms with Gasteiger partial charge in [-0.1, -0.05) is 11.6 Å². The van der Waals surface area contributed by atoms with Crippen LogP contribution in [0.15, 0.2) is 0 Å². The van der Waals surface area contributed by atoms with Gasteiger partial charge >= 0.3 is 0 Å². The van der Waals surface area contributed by atoms with Crippen molar-refractivity contribution in [1.29, 1.82) is 0 Å². The second-order valence-electron chi connectivity index (χ2n) is 4.58. The Morgan fingerprint density at radius 3 is 2.83 bits per heavy atom. The number of halogens is 1. The summed E-state index contributed by atoms with van der Waals surface area (Å²) in [6.07, 6.45) is 3.26. The first-order chi connectivity index (χ1) is 8.61. The number of carbonyl (C=O) groups excluding carboxylic acids is 1. The third kappa shape index (κ3) is 3.17. The molecule has 1 aromatic heterocycles. The molecule has 1 aliphatic carbocycles. The summed E-state index contributed by atoms with van der Waals surface area (Å²) in [5.74, 6) is 1.08. The van der Waals surface area contributed by atoms with Gasteiger partial charge in [-0.25, -0.2) is 9.97 Å². The molecule has 1 aromatic rings. The molecule has 0 aliphatic heterocycles. The van der Waals surface area contributed by atoms with E-state index in [-0.39, 0.29) is 5.15 Å². The number of nitrogens with one attached hydrogen (secondary N) is 1. The summed E-state index contributed by atoms with van der Waals surface area (Å²) in [7, 11) is 2.11. The predicted molar refractivity (Wildman–Crippen MR) is 71.3 cm³/mol. The van der Waals surface area contributed by atoms with Gasteiger partial charge in [0.15, 0.2) is 6.29 Å². The highest BCUT2D eigenvalue weighted by Gasteiger charge is 2.25. The molecule has 6 heteroatoms. The Bertz CT molecular complexity index is 448. The van der Waals surface area contributed by atoms with Gasteiger partial charge in [-0.15, -0.1) is 0 Å². The molecule has 0 amide bonds. The zero-order valence-corrected chi connectivity index (χ0v) is 11.4. The number of aldehydes is 1. The van der Waals surface area contributed by atoms with E-state index in [1.807, 2.05) is 0 Å². The van der Waals surface area contributed by atoms with Gasteiger partial charge in [-0.3, -0.25) is 4.79 Å². The van der Waals surface area contributed by atoms with Crippen molar-refractivity contribution in [2.45, 2.75) is 25.8 Å². The predicted octanol–water partition coefficient (Wildman–Crippen LogP) is 1.76. The van der Waals surface area contributed by atoms with Crippen LogP contribution in [0.2, 0.25) is 5.15 Å². The van der Waals surface area contributed by atoms with Crippen LogP contribution in [0.1, 0.15) is 29.0 Å². The molecule has 0 atom stereocenters. The number of aryl methyl sites for hydroxylation is 1. The molecular formula is C12H17ClN4O. The fourth-order valence-electron chi connectivity index (χ4n) is 1.83. The van der Waals surface area contributed by atoms with E-state index in [4.69, 9.17) is 11.6 Å². The van der Waals surface area contributed by atoms with Crippen LogP contribution >= 0.6 is 11.6 Å². The summed E-state index contributed by atoms with van der Waals surface area (Å²) in [6.45, 7) is 3.41. The highest BCUT2D eigenvalue weighted by atomic mass is 35.5. The molecule has 0 radical (unpaired) electrons. The average molecular weight is 269 g/mol. The van der Waals surface area contributed by atoms with Crippen molar-refractivity contribution < 1.29 is 4.79 Å². The molecule has 2 rings (SSSR count). The van der Waals surface area contributed by atoms with Crippen LogP contribution in [0.3, 0.4) is 0 Å². The minimum Gasteiger partial charge on any atom is -0.368 e. The van der Waals surface area contributed by atoms with E-state index in [2.05, 4.69) is 27.2 Å². The zero-order valence-electron chi connectivity index (χ0n) is 10.6. The molecule has 0 saturated heterocycles. The first-order valence-corrected chi connectivity index (χ1v) is 6.43. The van der Waals surface area contributed by atoms with E-state index in [9.17, 15) is 4.79 Å². The van der Waals surface area contributed by atoms with Gasteiger partial charge in [0.1, 0.15) is 16.8 Å². The SMILES string of the molecule is Cc1nc(Cl)c(C=O)c(NCCN(C)C2CC2)n1. The Morgan fingerprint density at radius 1 is 1.50 bits per heavy atom. The maximum Gasteiger partial charge on any atom is 0.156 e. The molecule has 1 heterocycles. The summed E-state index contributed by atoms with van der Waals surface area (Å²) >= 11 is 5.90. The minimum atomic E-state index is 0.204. The third-order valence-corrected chi connectivity index (χ3v) is 3.34. The van der Waals surface area contributed by atoms with Crippen LogP contribution in [0.5, 0.6) is 0 Å². The van der Waals surface area contributed by atoms with E-state index < -0.39 is 0 Å². The number of rotatable bonds is 6. The largest absolute Gasteiger partial charge is 0.368 e. The first-order valence-electron chi connectivity index (χ1n) is 6.05. The van der Waals surface area contributed by atoms with Crippen molar-refractivity contribution in [3.05, 3.63) is 16.5 Å². The maximum absolute atomic E-state index is 11.0. The Balaban J connectivity index is 1.97. The average Bonchev–Trinajstić information content (AvgIpc) is 3.12. The highest BCUT2D eigenvalue weighted by molar-refractivity contribution is 6.32. The topological polar surface area (TPSA) is 58.1 Å². The Labute approximate surface area is 112 Å². The van der Waals surface area contributed by atoms with Crippen LogP contribution in [0.4, 0.5) is 5.82 Å². The van der Waals surface area contributed by atoms with Crippen LogP contribution in [-0.2, 0) is 0 Å². The van der Waals surface area contributed by atoms with Gasteiger partial charge in [0, 0.05) is 19.1 Å². The number of aromatic nitrogens is 2. The molecule has 98 valence electrons. The molecule has 1 N–H and O–H groups in total. The number of hydrogen-bond acceptors (Lipinski definition) is 5. The van der Waals surface area contributed by atoms with Crippen molar-refractivity contribution in [1.82, 2.24) is 14.9 Å². The summed E-state index contributed by atoms with van der Waals surface area (Å²) in [5.41, 5.74) is 0.330. The first kappa shape index (κ1) is 13.2. The van der Waals surface area contributed by atoms with Gasteiger partial charge in [-0.2, -0.15) is 0 Å². The quantitative estimate of drug-likeness (QED) is 0.629. The number of hydrogen-bond donors (Lipinski definition) is 1. The standard InChI is InChI=1S/C12H17ClN4O/c1-8-15-11(13)10(7-18)12(16-8)14-5-6-17(2)9-3-4-9/h7,9H,3-6H2,1-2H3,(H,14,15,16). The molecular weight excluding hydrogens is 252 g/mol. The lowest BCUT2D eigenvalue weighted by Gasteiger charge is -2.16. The summed E-state index contributed by atoms with van der Waals surface area (Å²) in [4.78, 5) is 21.4. The van der Waals surface area contributed by atoms with E-state index >= 15 is 0 Å². The summed E-state index contributed by atoms with van der Waals surface area (Å²) in [5, 5.41) is 3.36. The number of nitrogens with zero attached hydrogens (tertiary/aromatic N) is 3. The van der Waals surface area contributed by atoms with Gasteiger partial charge in [0.2, 0.25) is 0 Å². The summed E-state index contributed by atoms with van der Waals surface area (Å²) in [6, 6.07) is 0.730. The van der Waals surface area contributed by atoms with Gasteiger partial charge < -0.3 is 10.2 Å². The molecule has 0 spiro atoms. The lowest BCUT2D eigenvalue weighted by Crippen LogP contribution is -2.27. The van der Waals surface area contributed by atoms with Crippen LogP contribution in [-0.4, -0.2) is 47.3 Å². The maximum atomic E-state index is 11.0. The lowest BCUT2D eigenvalue weighted by molar-refractivity contribution is 0.112. The smallest absolute Gasteiger partial charge is 0.156 e. The normalized spacial score (nSPS) is 14.9. The number of likely N-dealkylation sites (N-methyl/N-ethyl adjacent to an activating group) is 1. The van der Waals surface area contributed by atoms with Crippen molar-refractivity contribution >= 4 is 23.7 Å². The molecule has 5 nitrogen and oxygen atoms in total. The van der Waals surface area contributed by atoms with E-state index in [0.29, 0.717) is 23.5 Å². The molecule has 1 fully saturated rings. The highest BCUT2D eigenvalue weighted by Crippen LogP contribution is 2.25. The third-order valence-electron chi connectivity index (χ3n) is 3.06. The second kappa shape index (κ2) is 5.63. The molecule has 0 aromatic carbocycles. The van der Waals surface area contributed by atoms with Gasteiger partial charge in [0.05, 0.1) is 5.56 Å². The van der Waals surface area contributed by atoms with Gasteiger partial charge in [-0.05, 0) is 26.8 Å². The molecule has 18 heavy (non-hydrogen) atoms. The Morgan fingerprint density at radius 2 is 2.22 bits per heavy atom. The molecule has 1 aliphatic rings. The number of anilines is 1. The monoisotopic (exact) mass is 268 g/mol. The lowest BCUT2D eigenvalue weighted by atomic mass is 10.3. The van der Waals surface area contributed by atoms with E-state index in [1.165, 1.54) is 12.8 Å². The van der Waals surface area contributed by atoms with Gasteiger partial charge in [0.25, 0.3) is 0 Å². The van der Waals surface area contributed by atoms with Crippen LogP contribution in [0.25, 0.3) is 0 Å². The summed E-state index contributed by atoms with van der Waals surface area (Å²) < 4.78 is 0. The Kier molecular flexibility index (Phi) is 4.14. The van der Waals surface area contributed by atoms with Crippen molar-refractivity contribution in [2.75, 3.05) is 25.5 Å². The second-order valence-corrected chi connectivity index (χ2v) is 4.94. The van der Waals surface area contributed by atoms with Crippen molar-refractivity contribution in [3.8, 4) is 0 Å². The fraction of sp³-hybridized carbons (Fsp3) is 0.583. The Hall–Kier alpha value is -1.20. The molecule has 0 bridgehead atoms. The zero-order chi connectivity index (χ0) is 13.1. The van der Waals surface area contributed by atoms with E-state index in [0.717, 1.165) is 19.1 Å². The fourth-order valence-corrected chi connectivity index (χ4v) is 2.09. The number of carbonyl (C=O) groups is 1. The van der Waals surface area contributed by atoms with Crippen molar-refractivity contribution in [2.24, 2.45) is 0 Å². The van der Waals surface area contributed by atoms with E-state index in [1.54, 1.807) is 6.92 Å². The van der Waals surface area contributed by atoms with Crippen molar-refractivity contribution in [3.63, 3.8) is 0 Å².